The summed E-state index contributed by atoms with van der Waals surface area (Å²) < 4.78 is 0. The molecule has 5 rings (SSSR count). The summed E-state index contributed by atoms with van der Waals surface area (Å²) in [6.07, 6.45) is 8.48. The van der Waals surface area contributed by atoms with Crippen molar-refractivity contribution in [2.75, 3.05) is 5.32 Å². The van der Waals surface area contributed by atoms with E-state index in [-0.39, 0.29) is 41.4 Å². The third kappa shape index (κ3) is 8.27. The summed E-state index contributed by atoms with van der Waals surface area (Å²) in [4.78, 5) is 45.2. The Morgan fingerprint density at radius 3 is 2.48 bits per heavy atom. The molecule has 234 valence electrons. The second-order valence-electron chi connectivity index (χ2n) is 12.6. The molecule has 2 aliphatic rings. The van der Waals surface area contributed by atoms with Gasteiger partial charge in [-0.3, -0.25) is 14.4 Å². The molecule has 7 nitrogen and oxygen atoms in total. The Morgan fingerprint density at radius 1 is 0.977 bits per heavy atom. The van der Waals surface area contributed by atoms with Gasteiger partial charge in [0.05, 0.1) is 0 Å². The maximum atomic E-state index is 13.7. The van der Waals surface area contributed by atoms with Crippen molar-refractivity contribution in [3.05, 3.63) is 81.8 Å². The van der Waals surface area contributed by atoms with Crippen LogP contribution in [0.3, 0.4) is 0 Å². The van der Waals surface area contributed by atoms with Gasteiger partial charge in [0, 0.05) is 52.5 Å². The van der Waals surface area contributed by atoms with Crippen molar-refractivity contribution in [2.24, 2.45) is 17.8 Å². The highest BCUT2D eigenvalue weighted by atomic mass is 35.5. The number of aromatic nitrogens is 1. The molecule has 2 fully saturated rings. The SMILES string of the molecule is CC(C)C[C@H](NC(=O)C1CCCC1C(=O)c1ccc(CNc2nccs2)cc1)C(=O)N[C@@H]1CCCCC1c1cccc(Cl)c1. The molecule has 0 spiro atoms. The van der Waals surface area contributed by atoms with E-state index in [1.165, 1.54) is 0 Å². The van der Waals surface area contributed by atoms with Gasteiger partial charge in [0.25, 0.3) is 0 Å². The fraction of sp³-hybridized carbons (Fsp3) is 0.486. The number of thiazole rings is 1. The number of halogens is 1. The highest BCUT2D eigenvalue weighted by Gasteiger charge is 2.40. The highest BCUT2D eigenvalue weighted by molar-refractivity contribution is 7.13. The van der Waals surface area contributed by atoms with Crippen molar-refractivity contribution in [2.45, 2.75) is 89.8 Å². The molecule has 9 heteroatoms. The van der Waals surface area contributed by atoms with Gasteiger partial charge in [0.15, 0.2) is 10.9 Å². The van der Waals surface area contributed by atoms with Crippen molar-refractivity contribution < 1.29 is 14.4 Å². The molecule has 0 bridgehead atoms. The zero-order valence-electron chi connectivity index (χ0n) is 25.6. The van der Waals surface area contributed by atoms with Crippen molar-refractivity contribution in [3.8, 4) is 0 Å². The molecule has 0 saturated heterocycles. The summed E-state index contributed by atoms with van der Waals surface area (Å²) in [7, 11) is 0. The third-order valence-corrected chi connectivity index (χ3v) is 9.98. The first-order valence-electron chi connectivity index (χ1n) is 15.9. The molecule has 0 aliphatic heterocycles. The number of hydrogen-bond donors (Lipinski definition) is 3. The topological polar surface area (TPSA) is 100 Å². The number of nitrogens with one attached hydrogen (secondary N) is 3. The number of carbonyl (C=O) groups excluding carboxylic acids is 3. The minimum absolute atomic E-state index is 0.00138. The fourth-order valence-electron chi connectivity index (χ4n) is 6.78. The van der Waals surface area contributed by atoms with Gasteiger partial charge >= 0.3 is 0 Å². The van der Waals surface area contributed by atoms with Crippen LogP contribution in [0.1, 0.15) is 92.6 Å². The molecule has 1 aromatic heterocycles. The third-order valence-electron chi connectivity index (χ3n) is 9.01. The predicted molar refractivity (Wildman–Crippen MR) is 177 cm³/mol. The van der Waals surface area contributed by atoms with E-state index in [4.69, 9.17) is 11.6 Å². The summed E-state index contributed by atoms with van der Waals surface area (Å²) in [5.41, 5.74) is 2.81. The van der Waals surface area contributed by atoms with Crippen LogP contribution in [-0.2, 0) is 16.1 Å². The average molecular weight is 635 g/mol. The van der Waals surface area contributed by atoms with E-state index in [2.05, 4.69) is 40.8 Å². The number of nitrogens with zero attached hydrogens (tertiary/aromatic N) is 1. The number of rotatable bonds is 12. The van der Waals surface area contributed by atoms with Crippen LogP contribution in [0.4, 0.5) is 5.13 Å². The van der Waals surface area contributed by atoms with E-state index >= 15 is 0 Å². The quantitative estimate of drug-likeness (QED) is 0.181. The molecule has 2 amide bonds. The molecular weight excluding hydrogens is 592 g/mol. The second-order valence-corrected chi connectivity index (χ2v) is 14.0. The molecule has 5 atom stereocenters. The minimum atomic E-state index is -0.648. The lowest BCUT2D eigenvalue weighted by Gasteiger charge is -2.34. The first kappa shape index (κ1) is 32.2. The standard InChI is InChI=1S/C35H43ClN4O3S/c1-22(2)19-31(34(43)39-30-12-4-3-9-27(30)25-7-5-8-26(36)20-25)40-33(42)29-11-6-10-28(29)32(41)24-15-13-23(14-16-24)21-38-35-37-17-18-44-35/h5,7-8,13-18,20,22,27-31H,3-4,6,9-12,19,21H2,1-2H3,(H,37,38)(H,39,43)(H,40,42)/t27?,28?,29?,30-,31+/m1/s1. The van der Waals surface area contributed by atoms with Gasteiger partial charge in [-0.1, -0.05) is 81.1 Å². The summed E-state index contributed by atoms with van der Waals surface area (Å²) in [6.45, 7) is 4.73. The number of hydrogen-bond acceptors (Lipinski definition) is 6. The van der Waals surface area contributed by atoms with Gasteiger partial charge < -0.3 is 16.0 Å². The molecule has 3 N–H and O–H groups in total. The van der Waals surface area contributed by atoms with Gasteiger partial charge in [-0.15, -0.1) is 11.3 Å². The summed E-state index contributed by atoms with van der Waals surface area (Å²) >= 11 is 7.83. The summed E-state index contributed by atoms with van der Waals surface area (Å²) in [6, 6.07) is 14.8. The van der Waals surface area contributed by atoms with Gasteiger partial charge in [0.2, 0.25) is 11.8 Å². The molecule has 1 heterocycles. The second kappa shape index (κ2) is 15.2. The van der Waals surface area contributed by atoms with E-state index in [0.29, 0.717) is 36.4 Å². The van der Waals surface area contributed by atoms with Crippen LogP contribution < -0.4 is 16.0 Å². The van der Waals surface area contributed by atoms with Crippen LogP contribution in [0.5, 0.6) is 0 Å². The van der Waals surface area contributed by atoms with Crippen molar-refractivity contribution in [1.29, 1.82) is 0 Å². The van der Waals surface area contributed by atoms with Crippen LogP contribution in [0, 0.1) is 17.8 Å². The summed E-state index contributed by atoms with van der Waals surface area (Å²) in [5.74, 6) is -0.764. The smallest absolute Gasteiger partial charge is 0.242 e. The maximum Gasteiger partial charge on any atom is 0.242 e. The Balaban J connectivity index is 1.22. The highest BCUT2D eigenvalue weighted by Crippen LogP contribution is 2.36. The molecule has 2 saturated carbocycles. The Hall–Kier alpha value is -3.23. The van der Waals surface area contributed by atoms with E-state index < -0.39 is 12.0 Å². The lowest BCUT2D eigenvalue weighted by molar-refractivity contribution is -0.132. The lowest BCUT2D eigenvalue weighted by atomic mass is 9.80. The first-order valence-corrected chi connectivity index (χ1v) is 17.2. The van der Waals surface area contributed by atoms with Gasteiger partial charge in [-0.2, -0.15) is 0 Å². The number of benzene rings is 2. The largest absolute Gasteiger partial charge is 0.357 e. The predicted octanol–water partition coefficient (Wildman–Crippen LogP) is 7.38. The number of carbonyl (C=O) groups is 3. The Labute approximate surface area is 269 Å². The molecule has 3 aromatic rings. The molecule has 44 heavy (non-hydrogen) atoms. The zero-order chi connectivity index (χ0) is 31.1. The van der Waals surface area contributed by atoms with Gasteiger partial charge in [-0.25, -0.2) is 4.98 Å². The maximum absolute atomic E-state index is 13.7. The monoisotopic (exact) mass is 634 g/mol. The molecule has 3 unspecified atom stereocenters. The molecule has 0 radical (unpaired) electrons. The molecular formula is C35H43ClN4O3S. The number of anilines is 1. The van der Waals surface area contributed by atoms with Crippen molar-refractivity contribution in [1.82, 2.24) is 15.6 Å². The number of ketones is 1. The molecule has 2 aliphatic carbocycles. The number of amides is 2. The van der Waals surface area contributed by atoms with E-state index in [1.807, 2.05) is 47.8 Å². The Bertz CT molecular complexity index is 1410. The van der Waals surface area contributed by atoms with Gasteiger partial charge in [0.1, 0.15) is 6.04 Å². The zero-order valence-corrected chi connectivity index (χ0v) is 27.1. The van der Waals surface area contributed by atoms with Crippen LogP contribution in [0.25, 0.3) is 0 Å². The van der Waals surface area contributed by atoms with Crippen LogP contribution in [0.15, 0.2) is 60.1 Å². The van der Waals surface area contributed by atoms with E-state index in [0.717, 1.165) is 48.4 Å². The van der Waals surface area contributed by atoms with Crippen molar-refractivity contribution in [3.63, 3.8) is 0 Å². The van der Waals surface area contributed by atoms with Crippen molar-refractivity contribution >= 4 is 45.7 Å². The van der Waals surface area contributed by atoms with E-state index in [1.54, 1.807) is 17.5 Å². The Kier molecular flexibility index (Phi) is 11.1. The van der Waals surface area contributed by atoms with E-state index in [9.17, 15) is 14.4 Å². The lowest BCUT2D eigenvalue weighted by Crippen LogP contribution is -2.53. The van der Waals surface area contributed by atoms with Gasteiger partial charge in [-0.05, 0) is 61.3 Å². The average Bonchev–Trinajstić information content (AvgIpc) is 3.73. The summed E-state index contributed by atoms with van der Waals surface area (Å²) in [5, 5.41) is 13.1. The minimum Gasteiger partial charge on any atom is -0.357 e. The number of Topliss-reactive ketones (excluding diaryl/α,β-unsaturated/α-hetero) is 1. The first-order chi connectivity index (χ1) is 21.3. The van der Waals surface area contributed by atoms with Crippen LogP contribution in [0.2, 0.25) is 5.02 Å². The normalized spacial score (nSPS) is 22.4. The molecule has 2 aromatic carbocycles. The van der Waals surface area contributed by atoms with Crippen LogP contribution >= 0.6 is 22.9 Å². The fourth-order valence-corrected chi connectivity index (χ4v) is 7.51. The van der Waals surface area contributed by atoms with Crippen LogP contribution in [-0.4, -0.2) is 34.7 Å². The Morgan fingerprint density at radius 2 is 1.75 bits per heavy atom.